The van der Waals surface area contributed by atoms with Crippen molar-refractivity contribution in [1.29, 1.82) is 0 Å². The topological polar surface area (TPSA) is 99.1 Å². The molecule has 3 aliphatic rings. The summed E-state index contributed by atoms with van der Waals surface area (Å²) in [6, 6.07) is 32.9. The molecule has 1 fully saturated rings. The number of benzene rings is 4. The zero-order chi connectivity index (χ0) is 37.9. The zero-order valence-electron chi connectivity index (χ0n) is 31.4. The minimum absolute atomic E-state index is 0.0345. The van der Waals surface area contributed by atoms with Crippen molar-refractivity contribution in [2.75, 3.05) is 19.0 Å². The Bertz CT molecular complexity index is 2110. The van der Waals surface area contributed by atoms with Gasteiger partial charge in [-0.25, -0.2) is 4.79 Å². The van der Waals surface area contributed by atoms with E-state index in [1.165, 1.54) is 16.9 Å². The number of thiophene rings is 1. The monoisotopic (exact) mass is 742 g/mol. The highest BCUT2D eigenvalue weighted by Gasteiger charge is 2.57. The van der Waals surface area contributed by atoms with Crippen LogP contribution in [0.15, 0.2) is 115 Å². The average Bonchev–Trinajstić information content (AvgIpc) is 3.72. The maximum Gasteiger partial charge on any atom is 0.322 e. The molecule has 8 heteroatoms. The molecule has 1 aromatic heterocycles. The van der Waals surface area contributed by atoms with Crippen LogP contribution in [0.4, 0.5) is 10.5 Å². The second-order valence-electron chi connectivity index (χ2n) is 15.4. The number of aliphatic hydroxyl groups excluding tert-OH is 1. The molecule has 2 bridgehead atoms. The van der Waals surface area contributed by atoms with Crippen LogP contribution in [0.3, 0.4) is 0 Å². The zero-order valence-corrected chi connectivity index (χ0v) is 32.2. The highest BCUT2D eigenvalue weighted by atomic mass is 32.1. The maximum absolute atomic E-state index is 14.6. The molecule has 8 rings (SSSR count). The number of anilines is 1. The lowest BCUT2D eigenvalue weighted by molar-refractivity contribution is -0.0773. The third-order valence-corrected chi connectivity index (χ3v) is 13.0. The summed E-state index contributed by atoms with van der Waals surface area (Å²) in [5, 5.41) is 28.2. The van der Waals surface area contributed by atoms with E-state index in [0.717, 1.165) is 39.6 Å². The van der Waals surface area contributed by atoms with Gasteiger partial charge < -0.3 is 25.2 Å². The summed E-state index contributed by atoms with van der Waals surface area (Å²) >= 11 is 1.50. The van der Waals surface area contributed by atoms with Crippen LogP contribution in [0.2, 0.25) is 0 Å². The van der Waals surface area contributed by atoms with E-state index < -0.39 is 17.1 Å². The maximum atomic E-state index is 14.6. The van der Waals surface area contributed by atoms with Gasteiger partial charge in [0.25, 0.3) is 0 Å². The molecule has 3 N–H and O–H groups in total. The van der Waals surface area contributed by atoms with Crippen molar-refractivity contribution in [3.63, 3.8) is 0 Å². The number of ketones is 1. The van der Waals surface area contributed by atoms with Crippen molar-refractivity contribution in [3.8, 4) is 5.75 Å². The number of urea groups is 1. The first-order valence-electron chi connectivity index (χ1n) is 19.0. The molecule has 4 aromatic carbocycles. The SMILES string of the molecule is COc1ccc(NC(=O)N(Cc2ccccc2)CC2(O)CCC3c4ccc(cc4C(=O)c4cc5ccccc5s4)CC(O)CCC(C)=CCCC32C)cc1. The molecule has 0 saturated heterocycles. The van der Waals surface area contributed by atoms with E-state index in [-0.39, 0.29) is 24.3 Å². The number of nitrogens with one attached hydrogen (secondary N) is 1. The van der Waals surface area contributed by atoms with Gasteiger partial charge in [-0.05, 0) is 122 Å². The van der Waals surface area contributed by atoms with Gasteiger partial charge in [-0.15, -0.1) is 11.3 Å². The molecule has 5 aromatic rings. The Kier molecular flexibility index (Phi) is 11.1. The van der Waals surface area contributed by atoms with Crippen LogP contribution in [0.25, 0.3) is 10.1 Å². The van der Waals surface area contributed by atoms with E-state index >= 15 is 0 Å². The number of methoxy groups -OCH3 is 1. The fourth-order valence-electron chi connectivity index (χ4n) is 8.62. The first kappa shape index (κ1) is 37.6. The van der Waals surface area contributed by atoms with Crippen LogP contribution >= 0.6 is 11.3 Å². The van der Waals surface area contributed by atoms with Crippen molar-refractivity contribution >= 4 is 38.9 Å². The molecule has 7 nitrogen and oxygen atoms in total. The van der Waals surface area contributed by atoms with Crippen LogP contribution in [0.5, 0.6) is 5.75 Å². The molecule has 4 unspecified atom stereocenters. The van der Waals surface area contributed by atoms with Crippen LogP contribution in [0.1, 0.15) is 90.2 Å². The number of fused-ring (bicyclic) bond motifs is 9. The predicted molar refractivity (Wildman–Crippen MR) is 218 cm³/mol. The lowest BCUT2D eigenvalue weighted by atomic mass is 9.64. The van der Waals surface area contributed by atoms with Gasteiger partial charge in [0.2, 0.25) is 5.78 Å². The summed E-state index contributed by atoms with van der Waals surface area (Å²) in [7, 11) is 1.61. The Morgan fingerprint density at radius 3 is 2.46 bits per heavy atom. The van der Waals surface area contributed by atoms with Gasteiger partial charge in [0.15, 0.2) is 0 Å². The van der Waals surface area contributed by atoms with Gasteiger partial charge in [0.05, 0.1) is 30.2 Å². The number of ether oxygens (including phenoxy) is 1. The number of carbonyl (C=O) groups is 2. The van der Waals surface area contributed by atoms with Crippen LogP contribution in [0, 0.1) is 5.41 Å². The molecule has 280 valence electrons. The Morgan fingerprint density at radius 1 is 0.944 bits per heavy atom. The van der Waals surface area contributed by atoms with Crippen molar-refractivity contribution in [1.82, 2.24) is 4.90 Å². The largest absolute Gasteiger partial charge is 0.497 e. The van der Waals surface area contributed by atoms with Crippen LogP contribution < -0.4 is 10.1 Å². The summed E-state index contributed by atoms with van der Waals surface area (Å²) in [5.74, 6) is 0.503. The molecule has 0 aliphatic heterocycles. The second-order valence-corrected chi connectivity index (χ2v) is 16.5. The third-order valence-electron chi connectivity index (χ3n) is 11.9. The van der Waals surface area contributed by atoms with Gasteiger partial charge in [0, 0.05) is 27.9 Å². The van der Waals surface area contributed by atoms with E-state index in [0.29, 0.717) is 60.5 Å². The molecule has 1 heterocycles. The fourth-order valence-corrected chi connectivity index (χ4v) is 9.64. The molecule has 54 heavy (non-hydrogen) atoms. The molecular formula is C46H50N2O5S. The van der Waals surface area contributed by atoms with Crippen molar-refractivity contribution in [3.05, 3.63) is 142 Å². The standard InChI is InChI=1S/C46H50N2O5S/c1-31-10-9-24-45(2)40(38-22-16-33(26-36(49)19-15-31)27-39(38)43(50)42-28-34-13-7-8-14-41(34)54-42)23-25-46(45,52)30-48(29-32-11-5-4-6-12-32)44(51)47-35-17-20-37(53-3)21-18-35/h4-8,10-14,16-18,20-22,27-28,36,40,49,52H,9,15,19,23-26,29-30H2,1-3H3,(H,47,51). The fraction of sp³-hybridized carbons (Fsp3) is 0.348. The van der Waals surface area contributed by atoms with E-state index in [2.05, 4.69) is 37.4 Å². The van der Waals surface area contributed by atoms with Gasteiger partial charge in [-0.3, -0.25) is 4.79 Å². The van der Waals surface area contributed by atoms with Crippen molar-refractivity contribution in [2.45, 2.75) is 83.0 Å². The molecule has 0 spiro atoms. The number of carbonyl (C=O) groups excluding carboxylic acids is 2. The molecule has 4 atom stereocenters. The predicted octanol–water partition coefficient (Wildman–Crippen LogP) is 9.91. The van der Waals surface area contributed by atoms with E-state index in [4.69, 9.17) is 4.74 Å². The molecule has 1 saturated carbocycles. The Morgan fingerprint density at radius 2 is 1.70 bits per heavy atom. The Balaban J connectivity index is 1.28. The summed E-state index contributed by atoms with van der Waals surface area (Å²) in [5.41, 5.74) is 3.33. The molecule has 2 amide bonds. The second kappa shape index (κ2) is 15.9. The minimum Gasteiger partial charge on any atom is -0.497 e. The van der Waals surface area contributed by atoms with Crippen molar-refractivity contribution < 1.29 is 24.5 Å². The van der Waals surface area contributed by atoms with E-state index in [9.17, 15) is 19.8 Å². The van der Waals surface area contributed by atoms with Crippen molar-refractivity contribution in [2.24, 2.45) is 5.41 Å². The lowest BCUT2D eigenvalue weighted by Gasteiger charge is -2.46. The summed E-state index contributed by atoms with van der Waals surface area (Å²) in [6.07, 6.45) is 6.09. The molecule has 3 aliphatic carbocycles. The summed E-state index contributed by atoms with van der Waals surface area (Å²) in [6.45, 7) is 4.70. The lowest BCUT2D eigenvalue weighted by Crippen LogP contribution is -2.54. The number of aliphatic hydroxyl groups is 2. The van der Waals surface area contributed by atoms with Gasteiger partial charge in [-0.1, -0.05) is 79.2 Å². The highest BCUT2D eigenvalue weighted by Crippen LogP contribution is 2.59. The summed E-state index contributed by atoms with van der Waals surface area (Å²) < 4.78 is 6.38. The quantitative estimate of drug-likeness (QED) is 0.109. The average molecular weight is 743 g/mol. The number of hydrogen-bond acceptors (Lipinski definition) is 6. The Labute approximate surface area is 322 Å². The normalized spacial score (nSPS) is 22.9. The smallest absolute Gasteiger partial charge is 0.322 e. The molecule has 0 radical (unpaired) electrons. The third kappa shape index (κ3) is 7.88. The van der Waals surface area contributed by atoms with Gasteiger partial charge >= 0.3 is 6.03 Å². The molecular weight excluding hydrogens is 693 g/mol. The highest BCUT2D eigenvalue weighted by molar-refractivity contribution is 7.21. The Hall–Kier alpha value is -4.76. The number of hydrogen-bond donors (Lipinski definition) is 3. The van der Waals surface area contributed by atoms with Gasteiger partial charge in [-0.2, -0.15) is 0 Å². The van der Waals surface area contributed by atoms with E-state index in [1.54, 1.807) is 12.0 Å². The number of amides is 2. The number of nitrogens with zero attached hydrogens (tertiary/aromatic N) is 1. The van der Waals surface area contributed by atoms with Gasteiger partial charge in [0.1, 0.15) is 5.75 Å². The number of allylic oxidation sites excluding steroid dienone is 2. The van der Waals surface area contributed by atoms with Crippen LogP contribution in [-0.4, -0.2) is 52.3 Å². The summed E-state index contributed by atoms with van der Waals surface area (Å²) in [4.78, 5) is 31.2. The van der Waals surface area contributed by atoms with E-state index in [1.807, 2.05) is 91.0 Å². The first-order valence-corrected chi connectivity index (χ1v) is 19.8. The number of rotatable bonds is 8. The minimum atomic E-state index is -1.27. The van der Waals surface area contributed by atoms with Crippen LogP contribution in [-0.2, 0) is 13.0 Å². The first-order chi connectivity index (χ1) is 26.0.